The average Bonchev–Trinajstić information content (AvgIpc) is 3.14. The molecule has 0 spiro atoms. The van der Waals surface area contributed by atoms with Crippen molar-refractivity contribution in [3.05, 3.63) is 45.8 Å². The van der Waals surface area contributed by atoms with Crippen molar-refractivity contribution in [3.63, 3.8) is 0 Å². The molecule has 3 heterocycles. The smallest absolute Gasteiger partial charge is 0.338 e. The molecular formula is C20H20ClN3O5. The second kappa shape index (κ2) is 7.44. The Balaban J connectivity index is 1.92. The summed E-state index contributed by atoms with van der Waals surface area (Å²) in [6.07, 6.45) is 0. The van der Waals surface area contributed by atoms with E-state index in [1.165, 1.54) is 0 Å². The first-order valence-electron chi connectivity index (χ1n) is 9.10. The molecule has 9 heteroatoms. The molecule has 0 aliphatic carbocycles. The van der Waals surface area contributed by atoms with E-state index in [1.807, 2.05) is 26.2 Å². The number of hydrogen-bond donors (Lipinski definition) is 0. The van der Waals surface area contributed by atoms with Gasteiger partial charge in [0.05, 0.1) is 23.7 Å². The van der Waals surface area contributed by atoms with Gasteiger partial charge in [-0.1, -0.05) is 17.7 Å². The van der Waals surface area contributed by atoms with Gasteiger partial charge < -0.3 is 23.8 Å². The van der Waals surface area contributed by atoms with Gasteiger partial charge in [-0.2, -0.15) is 4.98 Å². The van der Waals surface area contributed by atoms with E-state index in [0.29, 0.717) is 40.2 Å². The third-order valence-corrected chi connectivity index (χ3v) is 4.97. The second-order valence-corrected chi connectivity index (χ2v) is 7.12. The number of ether oxygens (including phenoxy) is 4. The van der Waals surface area contributed by atoms with Gasteiger partial charge in [0.25, 0.3) is 0 Å². The van der Waals surface area contributed by atoms with Crippen molar-refractivity contribution in [2.45, 2.75) is 19.8 Å². The van der Waals surface area contributed by atoms with E-state index in [0.717, 1.165) is 5.56 Å². The highest BCUT2D eigenvalue weighted by Gasteiger charge is 2.38. The van der Waals surface area contributed by atoms with E-state index >= 15 is 0 Å². The zero-order valence-corrected chi connectivity index (χ0v) is 17.2. The van der Waals surface area contributed by atoms with E-state index in [4.69, 9.17) is 30.5 Å². The Morgan fingerprint density at radius 2 is 2.03 bits per heavy atom. The summed E-state index contributed by atoms with van der Waals surface area (Å²) in [6, 6.07) is 5.48. The summed E-state index contributed by atoms with van der Waals surface area (Å²) in [5.74, 6) is 1.30. The normalized spacial score (nSPS) is 16.9. The Labute approximate surface area is 173 Å². The summed E-state index contributed by atoms with van der Waals surface area (Å²) in [7, 11) is 3.62. The monoisotopic (exact) mass is 417 g/mol. The second-order valence-electron chi connectivity index (χ2n) is 6.77. The minimum Gasteiger partial charge on any atom is -0.463 e. The predicted octanol–water partition coefficient (Wildman–Crippen LogP) is 3.29. The molecule has 2 aliphatic rings. The fourth-order valence-corrected chi connectivity index (χ4v) is 3.64. The van der Waals surface area contributed by atoms with Crippen LogP contribution in [0, 0.1) is 0 Å². The highest BCUT2D eigenvalue weighted by Crippen LogP contribution is 2.47. The van der Waals surface area contributed by atoms with Crippen LogP contribution < -0.4 is 19.1 Å². The third kappa shape index (κ3) is 3.33. The van der Waals surface area contributed by atoms with E-state index in [-0.39, 0.29) is 18.6 Å². The maximum Gasteiger partial charge on any atom is 0.338 e. The van der Waals surface area contributed by atoms with Crippen molar-refractivity contribution >= 4 is 23.5 Å². The lowest BCUT2D eigenvalue weighted by molar-refractivity contribution is -0.139. The number of benzene rings is 1. The van der Waals surface area contributed by atoms with Gasteiger partial charge >= 0.3 is 5.97 Å². The van der Waals surface area contributed by atoms with Crippen LogP contribution in [-0.2, 0) is 9.53 Å². The summed E-state index contributed by atoms with van der Waals surface area (Å²) < 4.78 is 22.1. The number of allylic oxidation sites excluding steroid dienone is 1. The van der Waals surface area contributed by atoms with Gasteiger partial charge in [-0.05, 0) is 31.5 Å². The number of carbonyl (C=O) groups excluding carboxylic acids is 1. The summed E-state index contributed by atoms with van der Waals surface area (Å²) in [6.45, 7) is 3.85. The van der Waals surface area contributed by atoms with Crippen LogP contribution in [0.1, 0.15) is 30.9 Å². The quantitative estimate of drug-likeness (QED) is 0.553. The first kappa shape index (κ1) is 19.3. The summed E-state index contributed by atoms with van der Waals surface area (Å²) in [5, 5.41) is 0.204. The molecule has 0 N–H and O–H groups in total. The minimum atomic E-state index is -0.573. The van der Waals surface area contributed by atoms with Crippen molar-refractivity contribution < 1.29 is 23.7 Å². The molecule has 1 unspecified atom stereocenters. The molecule has 0 bridgehead atoms. The molecule has 4 rings (SSSR count). The predicted molar refractivity (Wildman–Crippen MR) is 106 cm³/mol. The van der Waals surface area contributed by atoms with Crippen molar-refractivity contribution in [2.75, 3.05) is 32.4 Å². The van der Waals surface area contributed by atoms with Gasteiger partial charge in [0.2, 0.25) is 18.6 Å². The van der Waals surface area contributed by atoms with Gasteiger partial charge in [0, 0.05) is 14.1 Å². The highest BCUT2D eigenvalue weighted by atomic mass is 35.5. The maximum absolute atomic E-state index is 12.8. The van der Waals surface area contributed by atoms with Crippen LogP contribution in [0.3, 0.4) is 0 Å². The molecular weight excluding hydrogens is 398 g/mol. The zero-order valence-electron chi connectivity index (χ0n) is 16.5. The molecule has 1 atom stereocenters. The van der Waals surface area contributed by atoms with E-state index < -0.39 is 11.9 Å². The SMILES string of the molecule is CCOC(=O)C1=C(C)Oc2nc(N(C)C)nc(Cl)c2C1c1ccc2c(c1)OCO2. The molecule has 0 amide bonds. The molecule has 0 fully saturated rings. The van der Waals surface area contributed by atoms with Crippen LogP contribution >= 0.6 is 11.6 Å². The lowest BCUT2D eigenvalue weighted by atomic mass is 9.83. The number of hydrogen-bond acceptors (Lipinski definition) is 8. The maximum atomic E-state index is 12.8. The molecule has 1 aromatic carbocycles. The summed E-state index contributed by atoms with van der Waals surface area (Å²) in [4.78, 5) is 23.4. The fourth-order valence-electron chi connectivity index (χ4n) is 3.38. The Kier molecular flexibility index (Phi) is 4.96. The lowest BCUT2D eigenvalue weighted by Crippen LogP contribution is -2.25. The van der Waals surface area contributed by atoms with Crippen molar-refractivity contribution in [2.24, 2.45) is 0 Å². The molecule has 2 aromatic rings. The van der Waals surface area contributed by atoms with Crippen LogP contribution in [0.25, 0.3) is 0 Å². The Bertz CT molecular complexity index is 1020. The van der Waals surface area contributed by atoms with Gasteiger partial charge in [0.1, 0.15) is 10.9 Å². The topological polar surface area (TPSA) is 83.0 Å². The van der Waals surface area contributed by atoms with Crippen molar-refractivity contribution in [1.29, 1.82) is 0 Å². The number of anilines is 1. The number of fused-ring (bicyclic) bond motifs is 2. The first-order valence-corrected chi connectivity index (χ1v) is 9.48. The van der Waals surface area contributed by atoms with Crippen molar-refractivity contribution in [3.8, 4) is 17.4 Å². The molecule has 0 saturated heterocycles. The largest absolute Gasteiger partial charge is 0.463 e. The summed E-state index contributed by atoms with van der Waals surface area (Å²) in [5.41, 5.74) is 1.62. The number of rotatable bonds is 4. The molecule has 2 aliphatic heterocycles. The molecule has 0 saturated carbocycles. The Morgan fingerprint density at radius 3 is 2.76 bits per heavy atom. The molecule has 29 heavy (non-hydrogen) atoms. The minimum absolute atomic E-state index is 0.152. The van der Waals surface area contributed by atoms with Gasteiger partial charge in [-0.25, -0.2) is 9.78 Å². The van der Waals surface area contributed by atoms with Crippen LogP contribution in [0.5, 0.6) is 17.4 Å². The summed E-state index contributed by atoms with van der Waals surface area (Å²) >= 11 is 6.56. The highest BCUT2D eigenvalue weighted by molar-refractivity contribution is 6.30. The molecule has 8 nitrogen and oxygen atoms in total. The number of esters is 1. The van der Waals surface area contributed by atoms with E-state index in [1.54, 1.807) is 24.8 Å². The van der Waals surface area contributed by atoms with Crippen LogP contribution in [0.4, 0.5) is 5.95 Å². The number of halogens is 1. The number of carbonyl (C=O) groups is 1. The Hall–Kier alpha value is -3.00. The van der Waals surface area contributed by atoms with E-state index in [9.17, 15) is 4.79 Å². The standard InChI is InChI=1S/C20H20ClN3O5/c1-5-26-19(25)14-10(2)29-18-16(17(21)22-20(23-18)24(3)4)15(14)11-6-7-12-13(8-11)28-9-27-12/h6-8,15H,5,9H2,1-4H3. The van der Waals surface area contributed by atoms with Crippen LogP contribution in [0.15, 0.2) is 29.5 Å². The molecule has 0 radical (unpaired) electrons. The first-order chi connectivity index (χ1) is 13.9. The van der Waals surface area contributed by atoms with Crippen LogP contribution in [-0.4, -0.2) is 43.4 Å². The third-order valence-electron chi connectivity index (χ3n) is 4.68. The fraction of sp³-hybridized carbons (Fsp3) is 0.350. The van der Waals surface area contributed by atoms with E-state index in [2.05, 4.69) is 9.97 Å². The number of nitrogens with zero attached hydrogens (tertiary/aromatic N) is 3. The molecule has 1 aromatic heterocycles. The lowest BCUT2D eigenvalue weighted by Gasteiger charge is -2.29. The van der Waals surface area contributed by atoms with Crippen molar-refractivity contribution in [1.82, 2.24) is 9.97 Å². The molecule has 152 valence electrons. The Morgan fingerprint density at radius 1 is 1.28 bits per heavy atom. The van der Waals surface area contributed by atoms with Crippen LogP contribution in [0.2, 0.25) is 5.15 Å². The van der Waals surface area contributed by atoms with Gasteiger partial charge in [0.15, 0.2) is 11.5 Å². The van der Waals surface area contributed by atoms with Gasteiger partial charge in [-0.3, -0.25) is 0 Å². The zero-order chi connectivity index (χ0) is 20.7. The average molecular weight is 418 g/mol. The van der Waals surface area contributed by atoms with Gasteiger partial charge in [-0.15, -0.1) is 0 Å². The number of aromatic nitrogens is 2.